The molecule has 7 N–H and O–H groups in total. The number of aliphatic hydroxyl groups is 3. The lowest BCUT2D eigenvalue weighted by Crippen LogP contribution is -2.56. The highest BCUT2D eigenvalue weighted by atomic mass is 35.5. The molecule has 7 atom stereocenters. The summed E-state index contributed by atoms with van der Waals surface area (Å²) in [5, 5.41) is 54.8. The minimum absolute atomic E-state index is 0. The van der Waals surface area contributed by atoms with Crippen LogP contribution >= 0.6 is 12.4 Å². The maximum absolute atomic E-state index is 15.2. The molecule has 6 unspecified atom stereocenters. The monoisotopic (exact) mass is 669 g/mol. The summed E-state index contributed by atoms with van der Waals surface area (Å²) < 4.78 is 36.5. The lowest BCUT2D eigenvalue weighted by Gasteiger charge is -2.43. The summed E-state index contributed by atoms with van der Waals surface area (Å²) in [4.78, 5) is 52.5. The lowest BCUT2D eigenvalue weighted by atomic mass is 9.72. The smallest absolute Gasteiger partial charge is 0.307 e. The fourth-order valence-corrected chi connectivity index (χ4v) is 5.98. The number of esters is 1. The topological polar surface area (TPSA) is 232 Å². The molecule has 1 saturated heterocycles. The molecule has 0 spiro atoms. The molecule has 5 rings (SSSR count). The van der Waals surface area contributed by atoms with Gasteiger partial charge in [0.2, 0.25) is 11.6 Å². The molecule has 2 aromatic rings. The number of phenols is 2. The molecule has 0 amide bonds. The normalized spacial score (nSPS) is 28.3. The van der Waals surface area contributed by atoms with E-state index in [1.807, 2.05) is 0 Å². The van der Waals surface area contributed by atoms with E-state index in [-0.39, 0.29) is 53.4 Å². The zero-order valence-electron chi connectivity index (χ0n) is 24.6. The molecular formula is C30H33ClFNO13. The van der Waals surface area contributed by atoms with Crippen molar-refractivity contribution in [3.8, 4) is 17.2 Å². The standard InChI is InChI=1S/C30H32FNO13.ClH/c1-11-23(35)28(40)22(31)29(44-11)45-15-9-30(41,16(33)10-43-17(34)6-7-32)8-13-19(15)27(39)21-20(25(13)37)24(36)12-4-3-5-14(42-2)18(12)26(21)38;/h3-5,11,15,22-23,28-29,35,37,39-41H,6-10,32H2,1-2H3;1H/t11?,15?,22?,23?,28?,29?,30-;/m0./s1. The van der Waals surface area contributed by atoms with Crippen LogP contribution in [0.15, 0.2) is 18.2 Å². The highest BCUT2D eigenvalue weighted by Crippen LogP contribution is 2.52. The van der Waals surface area contributed by atoms with Crippen molar-refractivity contribution in [1.29, 1.82) is 0 Å². The van der Waals surface area contributed by atoms with Gasteiger partial charge in [0.25, 0.3) is 0 Å². The molecule has 1 aliphatic heterocycles. The number of rotatable bonds is 8. The van der Waals surface area contributed by atoms with Gasteiger partial charge < -0.3 is 50.2 Å². The Morgan fingerprint density at radius 2 is 1.76 bits per heavy atom. The van der Waals surface area contributed by atoms with Crippen LogP contribution in [0.2, 0.25) is 0 Å². The lowest BCUT2D eigenvalue weighted by molar-refractivity contribution is -0.294. The van der Waals surface area contributed by atoms with E-state index in [0.29, 0.717) is 0 Å². The van der Waals surface area contributed by atoms with Gasteiger partial charge in [-0.05, 0) is 13.0 Å². The second-order valence-corrected chi connectivity index (χ2v) is 11.2. The first-order valence-electron chi connectivity index (χ1n) is 14.0. The Bertz CT molecular complexity index is 1580. The van der Waals surface area contributed by atoms with Crippen LogP contribution in [0.1, 0.15) is 68.8 Å². The Morgan fingerprint density at radius 3 is 2.41 bits per heavy atom. The Morgan fingerprint density at radius 1 is 1.09 bits per heavy atom. The molecule has 2 aromatic carbocycles. The van der Waals surface area contributed by atoms with E-state index in [4.69, 9.17) is 24.7 Å². The zero-order chi connectivity index (χ0) is 33.0. The number of methoxy groups -OCH3 is 1. The molecule has 0 radical (unpaired) electrons. The van der Waals surface area contributed by atoms with Crippen LogP contribution in [0, 0.1) is 0 Å². The van der Waals surface area contributed by atoms with Crippen LogP contribution in [0.4, 0.5) is 4.39 Å². The van der Waals surface area contributed by atoms with Gasteiger partial charge in [0.1, 0.15) is 35.1 Å². The Balaban J connectivity index is 0.00000480. The third-order valence-electron chi connectivity index (χ3n) is 8.37. The summed E-state index contributed by atoms with van der Waals surface area (Å²) in [6.45, 7) is 0.341. The molecule has 14 nitrogen and oxygen atoms in total. The number of nitrogens with two attached hydrogens (primary N) is 1. The van der Waals surface area contributed by atoms with Gasteiger partial charge in [0.05, 0.1) is 42.4 Å². The van der Waals surface area contributed by atoms with Gasteiger partial charge in [-0.3, -0.25) is 19.2 Å². The molecule has 46 heavy (non-hydrogen) atoms. The van der Waals surface area contributed by atoms with Crippen molar-refractivity contribution in [2.75, 3.05) is 20.3 Å². The Labute approximate surface area is 267 Å². The first-order valence-corrected chi connectivity index (χ1v) is 14.0. The van der Waals surface area contributed by atoms with Crippen molar-refractivity contribution in [3.05, 3.63) is 51.6 Å². The van der Waals surface area contributed by atoms with Gasteiger partial charge in [-0.1, -0.05) is 12.1 Å². The number of benzene rings is 2. The predicted molar refractivity (Wildman–Crippen MR) is 155 cm³/mol. The van der Waals surface area contributed by atoms with Crippen molar-refractivity contribution in [2.24, 2.45) is 5.73 Å². The molecule has 2 aliphatic carbocycles. The van der Waals surface area contributed by atoms with Crippen molar-refractivity contribution >= 4 is 35.7 Å². The Kier molecular flexibility index (Phi) is 10.1. The number of ether oxygens (including phenoxy) is 4. The summed E-state index contributed by atoms with van der Waals surface area (Å²) in [5.41, 5.74) is 0.571. The largest absolute Gasteiger partial charge is 0.507 e. The minimum Gasteiger partial charge on any atom is -0.507 e. The number of alkyl halides is 1. The van der Waals surface area contributed by atoms with Crippen molar-refractivity contribution in [3.63, 3.8) is 0 Å². The molecule has 250 valence electrons. The first kappa shape index (κ1) is 35.2. The van der Waals surface area contributed by atoms with Gasteiger partial charge in [-0.25, -0.2) is 4.39 Å². The second-order valence-electron chi connectivity index (χ2n) is 11.2. The summed E-state index contributed by atoms with van der Waals surface area (Å²) >= 11 is 0. The number of Topliss-reactive ketones (excluding diaryl/α,β-unsaturated/α-hetero) is 1. The minimum atomic E-state index is -2.48. The van der Waals surface area contributed by atoms with E-state index in [1.54, 1.807) is 0 Å². The summed E-state index contributed by atoms with van der Waals surface area (Å²) in [6, 6.07) is 4.19. The number of aliphatic hydroxyl groups excluding tert-OH is 2. The molecule has 1 heterocycles. The average molecular weight is 670 g/mol. The van der Waals surface area contributed by atoms with E-state index in [9.17, 15) is 44.7 Å². The second kappa shape index (κ2) is 13.2. The molecule has 0 saturated carbocycles. The van der Waals surface area contributed by atoms with E-state index >= 15 is 4.39 Å². The van der Waals surface area contributed by atoms with Crippen molar-refractivity contribution in [2.45, 2.75) is 68.7 Å². The van der Waals surface area contributed by atoms with Crippen molar-refractivity contribution in [1.82, 2.24) is 0 Å². The highest BCUT2D eigenvalue weighted by Gasteiger charge is 2.52. The fourth-order valence-electron chi connectivity index (χ4n) is 5.98. The molecule has 16 heteroatoms. The number of fused-ring (bicyclic) bond motifs is 3. The summed E-state index contributed by atoms with van der Waals surface area (Å²) in [6.07, 6.45) is -12.4. The molecule has 0 bridgehead atoms. The maximum atomic E-state index is 15.2. The fraction of sp³-hybridized carbons (Fsp3) is 0.467. The van der Waals surface area contributed by atoms with Crippen LogP contribution in [0.3, 0.4) is 0 Å². The third-order valence-corrected chi connectivity index (χ3v) is 8.37. The summed E-state index contributed by atoms with van der Waals surface area (Å²) in [7, 11) is 1.27. The SMILES string of the molecule is COc1cccc2c1C(=O)c1c(O)c3c(c(O)c1C2=O)C[C@@](O)(C(=O)COC(=O)CCN)CC3OC1OC(C)C(O)C(O)C1F.Cl. The van der Waals surface area contributed by atoms with Gasteiger partial charge in [0, 0.05) is 36.1 Å². The molecule has 1 fully saturated rings. The summed E-state index contributed by atoms with van der Waals surface area (Å²) in [5.74, 6) is -5.33. The van der Waals surface area contributed by atoms with Gasteiger partial charge in [-0.15, -0.1) is 12.4 Å². The number of aromatic hydroxyl groups is 2. The number of phenolic OH excluding ortho intramolecular Hbond substituents is 2. The van der Waals surface area contributed by atoms with E-state index < -0.39 is 108 Å². The number of halogens is 2. The van der Waals surface area contributed by atoms with E-state index in [1.165, 1.54) is 32.2 Å². The van der Waals surface area contributed by atoms with Crippen molar-refractivity contribution < 1.29 is 68.0 Å². The van der Waals surface area contributed by atoms with Crippen LogP contribution < -0.4 is 10.5 Å². The number of hydrogen-bond donors (Lipinski definition) is 6. The number of hydrogen-bond acceptors (Lipinski definition) is 14. The number of carbonyl (C=O) groups excluding carboxylic acids is 4. The van der Waals surface area contributed by atoms with Crippen LogP contribution in [-0.2, 0) is 30.2 Å². The molecule has 0 aromatic heterocycles. The maximum Gasteiger partial charge on any atom is 0.307 e. The predicted octanol–water partition coefficient (Wildman–Crippen LogP) is 0.304. The van der Waals surface area contributed by atoms with Gasteiger partial charge in [-0.2, -0.15) is 0 Å². The first-order chi connectivity index (χ1) is 21.2. The van der Waals surface area contributed by atoms with E-state index in [0.717, 1.165) is 0 Å². The highest BCUT2D eigenvalue weighted by molar-refractivity contribution is 6.31. The van der Waals surface area contributed by atoms with Gasteiger partial charge in [0.15, 0.2) is 24.9 Å². The Hall–Kier alpha value is -3.70. The van der Waals surface area contributed by atoms with E-state index in [2.05, 4.69) is 0 Å². The molecule has 3 aliphatic rings. The van der Waals surface area contributed by atoms with Crippen LogP contribution in [0.25, 0.3) is 0 Å². The quantitative estimate of drug-likeness (QED) is 0.140. The number of carbonyl (C=O) groups is 4. The number of ketones is 3. The molecular weight excluding hydrogens is 637 g/mol. The zero-order valence-corrected chi connectivity index (χ0v) is 25.4. The van der Waals surface area contributed by atoms with Crippen LogP contribution in [-0.4, -0.2) is 105 Å². The van der Waals surface area contributed by atoms with Gasteiger partial charge >= 0.3 is 5.97 Å². The van der Waals surface area contributed by atoms with Crippen LogP contribution in [0.5, 0.6) is 17.2 Å². The average Bonchev–Trinajstić information content (AvgIpc) is 3.01. The third kappa shape index (κ3) is 5.72.